The summed E-state index contributed by atoms with van der Waals surface area (Å²) in [5.41, 5.74) is 0. The maximum Gasteiger partial charge on any atom is 0.306 e. The normalized spacial score (nSPS) is 14.2. The van der Waals surface area contributed by atoms with Crippen molar-refractivity contribution in [3.05, 3.63) is 72.9 Å². The fourth-order valence-corrected chi connectivity index (χ4v) is 6.76. The minimum absolute atomic E-state index is 0.0384. The van der Waals surface area contributed by atoms with E-state index in [0.717, 1.165) is 89.9 Å². The van der Waals surface area contributed by atoms with Crippen LogP contribution in [-0.2, 0) is 32.7 Å². The van der Waals surface area contributed by atoms with Crippen molar-refractivity contribution in [1.29, 1.82) is 0 Å². The van der Waals surface area contributed by atoms with Crippen LogP contribution in [0.2, 0.25) is 0 Å². The van der Waals surface area contributed by atoms with Crippen LogP contribution in [0.1, 0.15) is 181 Å². The molecule has 0 saturated heterocycles. The summed E-state index contributed by atoms with van der Waals surface area (Å²) in [4.78, 5) is 37.6. The van der Waals surface area contributed by atoms with Crippen LogP contribution in [0.15, 0.2) is 72.9 Å². The molecule has 60 heavy (non-hydrogen) atoms. The van der Waals surface area contributed by atoms with E-state index < -0.39 is 32.5 Å². The predicted molar refractivity (Wildman–Crippen MR) is 249 cm³/mol. The van der Waals surface area contributed by atoms with E-state index in [9.17, 15) is 19.0 Å². The molecule has 0 fully saturated rings. The van der Waals surface area contributed by atoms with Gasteiger partial charge < -0.3 is 27.9 Å². The van der Waals surface area contributed by atoms with Gasteiger partial charge in [0.1, 0.15) is 19.8 Å². The summed E-state index contributed by atoms with van der Waals surface area (Å²) >= 11 is 0. The summed E-state index contributed by atoms with van der Waals surface area (Å²) in [6.45, 7) is 4.05. The van der Waals surface area contributed by atoms with E-state index >= 15 is 0 Å². The van der Waals surface area contributed by atoms with Gasteiger partial charge in [-0.3, -0.25) is 14.2 Å². The van der Waals surface area contributed by atoms with Crippen molar-refractivity contribution in [2.45, 2.75) is 187 Å². The van der Waals surface area contributed by atoms with E-state index in [0.29, 0.717) is 23.9 Å². The third-order valence-electron chi connectivity index (χ3n) is 9.71. The van der Waals surface area contributed by atoms with E-state index in [-0.39, 0.29) is 26.1 Å². The summed E-state index contributed by atoms with van der Waals surface area (Å²) in [6.07, 6.45) is 52.1. The number of hydrogen-bond donors (Lipinski definition) is 0. The van der Waals surface area contributed by atoms with Gasteiger partial charge >= 0.3 is 11.9 Å². The van der Waals surface area contributed by atoms with Gasteiger partial charge in [0, 0.05) is 12.8 Å². The van der Waals surface area contributed by atoms with Gasteiger partial charge in [-0.1, -0.05) is 157 Å². The molecule has 0 radical (unpaired) electrons. The highest BCUT2D eigenvalue weighted by Gasteiger charge is 2.21. The van der Waals surface area contributed by atoms with E-state index in [4.69, 9.17) is 18.5 Å². The third-order valence-corrected chi connectivity index (χ3v) is 10.7. The van der Waals surface area contributed by atoms with Gasteiger partial charge in [-0.15, -0.1) is 0 Å². The van der Waals surface area contributed by atoms with Gasteiger partial charge in [0.05, 0.1) is 27.7 Å². The maximum absolute atomic E-state index is 12.7. The molecular weight excluding hydrogens is 774 g/mol. The molecule has 2 unspecified atom stereocenters. The molecule has 0 aliphatic heterocycles. The second-order valence-corrected chi connectivity index (χ2v) is 18.1. The largest absolute Gasteiger partial charge is 0.756 e. The highest BCUT2D eigenvalue weighted by atomic mass is 31.2. The Hall–Kier alpha value is -2.55. The van der Waals surface area contributed by atoms with Gasteiger partial charge in [0.2, 0.25) is 0 Å². The smallest absolute Gasteiger partial charge is 0.306 e. The van der Waals surface area contributed by atoms with Crippen molar-refractivity contribution in [2.24, 2.45) is 0 Å². The lowest BCUT2D eigenvalue weighted by atomic mass is 10.1. The summed E-state index contributed by atoms with van der Waals surface area (Å²) in [5, 5.41) is 0. The number of allylic oxidation sites excluding steroid dienone is 12. The molecular formula is C50H88NO8P. The van der Waals surface area contributed by atoms with Crippen LogP contribution in [0.5, 0.6) is 0 Å². The maximum atomic E-state index is 12.7. The highest BCUT2D eigenvalue weighted by Crippen LogP contribution is 2.38. The molecule has 0 rings (SSSR count). The molecule has 346 valence electrons. The Balaban J connectivity index is 4.35. The Labute approximate surface area is 368 Å². The minimum atomic E-state index is -4.64. The molecule has 0 saturated carbocycles. The van der Waals surface area contributed by atoms with Crippen molar-refractivity contribution in [3.63, 3.8) is 0 Å². The van der Waals surface area contributed by atoms with Crippen LogP contribution in [0.4, 0.5) is 0 Å². The van der Waals surface area contributed by atoms with E-state index in [1.807, 2.05) is 21.1 Å². The monoisotopic (exact) mass is 862 g/mol. The van der Waals surface area contributed by atoms with Gasteiger partial charge in [0.25, 0.3) is 7.82 Å². The molecule has 9 nitrogen and oxygen atoms in total. The number of rotatable bonds is 42. The van der Waals surface area contributed by atoms with Crippen LogP contribution < -0.4 is 4.89 Å². The fraction of sp³-hybridized carbons (Fsp3) is 0.720. The Morgan fingerprint density at radius 3 is 1.42 bits per heavy atom. The number of likely N-dealkylation sites (N-methyl/N-ethyl adjacent to an activating group) is 1. The number of carbonyl (C=O) groups excluding carboxylic acids is 2. The quantitative estimate of drug-likeness (QED) is 0.0196. The SMILES string of the molecule is CC/C=C\C/C=C\C/C=C\C/C=C\CCCCCCCCCCC(=O)OC(COC(=O)CCCCCCC/C=C\C/C=C\CCCCC)COP(=O)([O-])OCC[N+](C)(C)C. The Morgan fingerprint density at radius 1 is 0.533 bits per heavy atom. The third kappa shape index (κ3) is 45.0. The second-order valence-electron chi connectivity index (χ2n) is 16.7. The zero-order valence-electron chi connectivity index (χ0n) is 38.9. The van der Waals surface area contributed by atoms with Gasteiger partial charge in [-0.05, 0) is 83.5 Å². The zero-order chi connectivity index (χ0) is 44.3. The van der Waals surface area contributed by atoms with E-state index in [1.54, 1.807) is 0 Å². The van der Waals surface area contributed by atoms with Crippen molar-refractivity contribution in [2.75, 3.05) is 47.5 Å². The van der Waals surface area contributed by atoms with Gasteiger partial charge in [0.15, 0.2) is 6.10 Å². The van der Waals surface area contributed by atoms with Gasteiger partial charge in [-0.25, -0.2) is 0 Å². The number of nitrogens with zero attached hydrogens (tertiary/aromatic N) is 1. The summed E-state index contributed by atoms with van der Waals surface area (Å²) in [7, 11) is 1.14. The van der Waals surface area contributed by atoms with Crippen LogP contribution in [0.3, 0.4) is 0 Å². The number of carbonyl (C=O) groups is 2. The first-order valence-electron chi connectivity index (χ1n) is 23.6. The molecule has 0 aromatic carbocycles. The molecule has 0 aliphatic carbocycles. The molecule has 0 aromatic rings. The number of quaternary nitrogens is 1. The van der Waals surface area contributed by atoms with Crippen LogP contribution in [0.25, 0.3) is 0 Å². The van der Waals surface area contributed by atoms with Crippen molar-refractivity contribution in [1.82, 2.24) is 0 Å². The summed E-state index contributed by atoms with van der Waals surface area (Å²) < 4.78 is 33.9. The average Bonchev–Trinajstić information content (AvgIpc) is 3.20. The van der Waals surface area contributed by atoms with Crippen LogP contribution >= 0.6 is 7.82 Å². The number of esters is 2. The molecule has 0 spiro atoms. The lowest BCUT2D eigenvalue weighted by molar-refractivity contribution is -0.870. The second kappa shape index (κ2) is 41.8. The first-order valence-corrected chi connectivity index (χ1v) is 25.1. The number of ether oxygens (including phenoxy) is 2. The number of phosphoric ester groups is 1. The molecule has 0 N–H and O–H groups in total. The van der Waals surface area contributed by atoms with Crippen molar-refractivity contribution < 1.29 is 42.1 Å². The zero-order valence-corrected chi connectivity index (χ0v) is 39.8. The van der Waals surface area contributed by atoms with Crippen molar-refractivity contribution >= 4 is 19.8 Å². The first kappa shape index (κ1) is 57.4. The summed E-state index contributed by atoms with van der Waals surface area (Å²) in [5.74, 6) is -0.864. The Bertz CT molecular complexity index is 1250. The average molecular weight is 862 g/mol. The predicted octanol–water partition coefficient (Wildman–Crippen LogP) is 13.2. The topological polar surface area (TPSA) is 111 Å². The van der Waals surface area contributed by atoms with E-state index in [2.05, 4.69) is 86.8 Å². The first-order chi connectivity index (χ1) is 29.0. The van der Waals surface area contributed by atoms with Gasteiger partial charge in [-0.2, -0.15) is 0 Å². The van der Waals surface area contributed by atoms with Crippen LogP contribution in [0, 0.1) is 0 Å². The number of hydrogen-bond acceptors (Lipinski definition) is 8. The minimum Gasteiger partial charge on any atom is -0.756 e. The fourth-order valence-electron chi connectivity index (χ4n) is 6.03. The van der Waals surface area contributed by atoms with Crippen LogP contribution in [-0.4, -0.2) is 70.0 Å². The van der Waals surface area contributed by atoms with E-state index in [1.165, 1.54) is 51.4 Å². The number of unbranched alkanes of at least 4 members (excludes halogenated alkanes) is 16. The molecule has 0 bridgehead atoms. The summed E-state index contributed by atoms with van der Waals surface area (Å²) in [6, 6.07) is 0. The van der Waals surface area contributed by atoms with Crippen molar-refractivity contribution in [3.8, 4) is 0 Å². The standard InChI is InChI=1S/C50H88NO8P/c1-6-8-10-12-14-16-18-20-22-23-24-25-26-27-29-31-33-35-37-39-41-43-50(53)59-48(47-58-60(54,55)57-45-44-51(3,4)5)46-56-49(52)42-40-38-36-34-32-30-28-21-19-17-15-13-11-9-7-2/h8,10,14-17,20-22,24-25,28,48H,6-7,9,11-13,18-19,23,26-27,29-47H2,1-5H3/b10-8-,16-14-,17-15-,22-20-,25-24-,28-21-. The molecule has 0 heterocycles. The molecule has 0 aliphatic rings. The Kier molecular flexibility index (Phi) is 40.0. The molecule has 10 heteroatoms. The number of phosphoric acid groups is 1. The lowest BCUT2D eigenvalue weighted by Crippen LogP contribution is -2.37. The molecule has 0 amide bonds. The highest BCUT2D eigenvalue weighted by molar-refractivity contribution is 7.45. The molecule has 0 aromatic heterocycles. The Morgan fingerprint density at radius 2 is 0.950 bits per heavy atom. The lowest BCUT2D eigenvalue weighted by Gasteiger charge is -2.28. The molecule has 2 atom stereocenters.